The second kappa shape index (κ2) is 5.35. The Bertz CT molecular complexity index is 538. The molecule has 2 rings (SSSR count). The molecule has 0 aliphatic heterocycles. The zero-order valence-corrected chi connectivity index (χ0v) is 9.65. The Labute approximate surface area is 104 Å². The number of aryl methyl sites for hydroxylation is 1. The van der Waals surface area contributed by atoms with Gasteiger partial charge < -0.3 is 15.5 Å². The molecule has 94 valence electrons. The Morgan fingerprint density at radius 2 is 2.22 bits per heavy atom. The van der Waals surface area contributed by atoms with E-state index in [1.165, 1.54) is 18.2 Å². The molecule has 0 unspecified atom stereocenters. The van der Waals surface area contributed by atoms with Gasteiger partial charge in [0.1, 0.15) is 11.6 Å². The number of hydrogen-bond donors (Lipinski definition) is 2. The summed E-state index contributed by atoms with van der Waals surface area (Å²) < 4.78 is 18.0. The summed E-state index contributed by atoms with van der Waals surface area (Å²) in [5, 5.41) is 2.65. The van der Waals surface area contributed by atoms with E-state index in [0.29, 0.717) is 18.5 Å². The van der Waals surface area contributed by atoms with Gasteiger partial charge in [-0.3, -0.25) is 4.79 Å². The molecule has 5 heteroatoms. The fourth-order valence-corrected chi connectivity index (χ4v) is 1.54. The van der Waals surface area contributed by atoms with Gasteiger partial charge >= 0.3 is 0 Å². The Hall–Kier alpha value is -2.30. The largest absolute Gasteiger partial charge is 0.469 e. The minimum atomic E-state index is -0.497. The molecule has 0 atom stereocenters. The van der Waals surface area contributed by atoms with Crippen molar-refractivity contribution in [2.75, 3.05) is 11.1 Å². The van der Waals surface area contributed by atoms with Gasteiger partial charge in [-0.15, -0.1) is 0 Å². The highest BCUT2D eigenvalue weighted by atomic mass is 19.1. The van der Waals surface area contributed by atoms with Crippen molar-refractivity contribution in [2.24, 2.45) is 0 Å². The minimum Gasteiger partial charge on any atom is -0.469 e. The van der Waals surface area contributed by atoms with Gasteiger partial charge in [-0.1, -0.05) is 0 Å². The van der Waals surface area contributed by atoms with E-state index in [-0.39, 0.29) is 11.6 Å². The normalized spacial score (nSPS) is 10.3. The SMILES string of the molecule is Nc1cc(NC(=O)CCc2ccco2)ccc1F. The van der Waals surface area contributed by atoms with Crippen molar-refractivity contribution in [3.8, 4) is 0 Å². The molecule has 0 radical (unpaired) electrons. The third kappa shape index (κ3) is 3.10. The predicted molar refractivity (Wildman–Crippen MR) is 66.5 cm³/mol. The van der Waals surface area contributed by atoms with E-state index in [1.807, 2.05) is 6.07 Å². The molecule has 0 fully saturated rings. The number of carbonyl (C=O) groups excluding carboxylic acids is 1. The zero-order valence-electron chi connectivity index (χ0n) is 9.65. The van der Waals surface area contributed by atoms with Crippen LogP contribution in [0.3, 0.4) is 0 Å². The molecule has 3 N–H and O–H groups in total. The van der Waals surface area contributed by atoms with Crippen molar-refractivity contribution in [3.05, 3.63) is 48.2 Å². The van der Waals surface area contributed by atoms with Crippen molar-refractivity contribution in [3.63, 3.8) is 0 Å². The molecule has 2 aromatic rings. The lowest BCUT2D eigenvalue weighted by Gasteiger charge is -2.05. The number of benzene rings is 1. The molecule has 1 aromatic heterocycles. The molecule has 1 aromatic carbocycles. The highest BCUT2D eigenvalue weighted by molar-refractivity contribution is 5.91. The summed E-state index contributed by atoms with van der Waals surface area (Å²) in [7, 11) is 0. The molecule has 4 nitrogen and oxygen atoms in total. The van der Waals surface area contributed by atoms with Crippen LogP contribution in [0.5, 0.6) is 0 Å². The second-order valence-corrected chi connectivity index (χ2v) is 3.86. The minimum absolute atomic E-state index is 0.0128. The first-order chi connectivity index (χ1) is 8.65. The molecular weight excluding hydrogens is 235 g/mol. The van der Waals surface area contributed by atoms with Crippen LogP contribution in [0, 0.1) is 5.82 Å². The lowest BCUT2D eigenvalue weighted by atomic mass is 10.2. The number of halogens is 1. The topological polar surface area (TPSA) is 68.3 Å². The molecule has 0 saturated heterocycles. The van der Waals surface area contributed by atoms with E-state index in [0.717, 1.165) is 5.76 Å². The van der Waals surface area contributed by atoms with Gasteiger partial charge in [0, 0.05) is 18.5 Å². The Kier molecular flexibility index (Phi) is 3.62. The van der Waals surface area contributed by atoms with Gasteiger partial charge in [0.25, 0.3) is 0 Å². The van der Waals surface area contributed by atoms with Crippen LogP contribution in [0.25, 0.3) is 0 Å². The zero-order chi connectivity index (χ0) is 13.0. The van der Waals surface area contributed by atoms with Crippen molar-refractivity contribution in [1.82, 2.24) is 0 Å². The standard InChI is InChI=1S/C13H13FN2O2/c14-11-5-3-9(8-12(11)15)16-13(17)6-4-10-2-1-7-18-10/h1-3,5,7-8H,4,6,15H2,(H,16,17). The third-order valence-electron chi connectivity index (χ3n) is 2.46. The monoisotopic (exact) mass is 248 g/mol. The summed E-state index contributed by atoms with van der Waals surface area (Å²) in [4.78, 5) is 11.6. The second-order valence-electron chi connectivity index (χ2n) is 3.86. The molecule has 0 bridgehead atoms. The number of furan rings is 1. The van der Waals surface area contributed by atoms with Gasteiger partial charge in [0.2, 0.25) is 5.91 Å². The molecule has 0 aliphatic carbocycles. The van der Waals surface area contributed by atoms with E-state index < -0.39 is 5.82 Å². The molecular formula is C13H13FN2O2. The average molecular weight is 248 g/mol. The molecule has 0 saturated carbocycles. The first-order valence-electron chi connectivity index (χ1n) is 5.52. The van der Waals surface area contributed by atoms with Crippen LogP contribution in [0.2, 0.25) is 0 Å². The van der Waals surface area contributed by atoms with Crippen molar-refractivity contribution < 1.29 is 13.6 Å². The van der Waals surface area contributed by atoms with E-state index in [1.54, 1.807) is 12.3 Å². The summed E-state index contributed by atoms with van der Waals surface area (Å²) in [6.45, 7) is 0. The van der Waals surface area contributed by atoms with Crippen molar-refractivity contribution >= 4 is 17.3 Å². The number of hydrogen-bond acceptors (Lipinski definition) is 3. The molecule has 18 heavy (non-hydrogen) atoms. The smallest absolute Gasteiger partial charge is 0.224 e. The molecule has 1 heterocycles. The Balaban J connectivity index is 1.88. The van der Waals surface area contributed by atoms with Gasteiger partial charge in [-0.2, -0.15) is 0 Å². The van der Waals surface area contributed by atoms with Crippen molar-refractivity contribution in [1.29, 1.82) is 0 Å². The Morgan fingerprint density at radius 1 is 1.39 bits per heavy atom. The maximum absolute atomic E-state index is 12.9. The fourth-order valence-electron chi connectivity index (χ4n) is 1.54. The third-order valence-corrected chi connectivity index (χ3v) is 2.46. The van der Waals surface area contributed by atoms with E-state index in [9.17, 15) is 9.18 Å². The number of carbonyl (C=O) groups is 1. The van der Waals surface area contributed by atoms with Crippen LogP contribution < -0.4 is 11.1 Å². The van der Waals surface area contributed by atoms with Gasteiger partial charge in [-0.25, -0.2) is 4.39 Å². The van der Waals surface area contributed by atoms with Crippen molar-refractivity contribution in [2.45, 2.75) is 12.8 Å². The van der Waals surface area contributed by atoms with Crippen LogP contribution in [0.15, 0.2) is 41.0 Å². The quantitative estimate of drug-likeness (QED) is 0.817. The fraction of sp³-hybridized carbons (Fsp3) is 0.154. The predicted octanol–water partition coefficient (Wildman–Crippen LogP) is 2.57. The van der Waals surface area contributed by atoms with Gasteiger partial charge in [-0.05, 0) is 30.3 Å². The van der Waals surface area contributed by atoms with Crippen LogP contribution >= 0.6 is 0 Å². The van der Waals surface area contributed by atoms with Crippen LogP contribution in [-0.4, -0.2) is 5.91 Å². The van der Waals surface area contributed by atoms with Gasteiger partial charge in [0.15, 0.2) is 0 Å². The maximum atomic E-state index is 12.9. The van der Waals surface area contributed by atoms with Gasteiger partial charge in [0.05, 0.1) is 12.0 Å². The maximum Gasteiger partial charge on any atom is 0.224 e. The average Bonchev–Trinajstić information content (AvgIpc) is 2.84. The van der Waals surface area contributed by atoms with Crippen LogP contribution in [-0.2, 0) is 11.2 Å². The summed E-state index contributed by atoms with van der Waals surface area (Å²) in [5.41, 5.74) is 5.90. The number of amides is 1. The molecule has 0 aliphatic rings. The Morgan fingerprint density at radius 3 is 2.89 bits per heavy atom. The van der Waals surface area contributed by atoms with E-state index in [2.05, 4.69) is 5.32 Å². The van der Waals surface area contributed by atoms with Crippen LogP contribution in [0.1, 0.15) is 12.2 Å². The van der Waals surface area contributed by atoms with E-state index in [4.69, 9.17) is 10.2 Å². The molecule has 1 amide bonds. The lowest BCUT2D eigenvalue weighted by molar-refractivity contribution is -0.116. The number of nitrogens with one attached hydrogen (secondary N) is 1. The first kappa shape index (κ1) is 12.2. The highest BCUT2D eigenvalue weighted by Crippen LogP contribution is 2.16. The van der Waals surface area contributed by atoms with Crippen LogP contribution in [0.4, 0.5) is 15.8 Å². The first-order valence-corrected chi connectivity index (χ1v) is 5.52. The molecule has 0 spiro atoms. The number of rotatable bonds is 4. The summed E-state index contributed by atoms with van der Waals surface area (Å²) in [6, 6.07) is 7.66. The number of nitrogens with two attached hydrogens (primary N) is 1. The highest BCUT2D eigenvalue weighted by Gasteiger charge is 2.06. The summed E-state index contributed by atoms with van der Waals surface area (Å²) in [6.07, 6.45) is 2.38. The lowest BCUT2D eigenvalue weighted by Crippen LogP contribution is -2.12. The van der Waals surface area contributed by atoms with E-state index >= 15 is 0 Å². The summed E-state index contributed by atoms with van der Waals surface area (Å²) >= 11 is 0. The summed E-state index contributed by atoms with van der Waals surface area (Å²) in [5.74, 6) is 0.0877. The number of nitrogen functional groups attached to an aromatic ring is 1. The number of anilines is 2.